The molecule has 0 aromatic heterocycles. The van der Waals surface area contributed by atoms with Gasteiger partial charge in [0.25, 0.3) is 5.91 Å². The van der Waals surface area contributed by atoms with Gasteiger partial charge in [0.1, 0.15) is 0 Å². The third-order valence-corrected chi connectivity index (χ3v) is 5.70. The summed E-state index contributed by atoms with van der Waals surface area (Å²) < 4.78 is 0. The van der Waals surface area contributed by atoms with Crippen molar-refractivity contribution in [3.05, 3.63) is 77.4 Å². The van der Waals surface area contributed by atoms with E-state index in [1.165, 1.54) is 18.2 Å². The van der Waals surface area contributed by atoms with E-state index in [4.69, 9.17) is 0 Å². The first-order valence-electron chi connectivity index (χ1n) is 10.5. The summed E-state index contributed by atoms with van der Waals surface area (Å²) in [7, 11) is 2.09. The van der Waals surface area contributed by atoms with Gasteiger partial charge < -0.3 is 15.5 Å². The zero-order valence-corrected chi connectivity index (χ0v) is 18.2. The van der Waals surface area contributed by atoms with Crippen LogP contribution in [-0.2, 0) is 11.2 Å². The molecule has 5 heteroatoms. The summed E-state index contributed by atoms with van der Waals surface area (Å²) in [5.74, 6) is -0.212. The Hall–Kier alpha value is -3.60. The number of nitrogens with one attached hydrogen (secondary N) is 2. The number of carbonyl (C=O) groups excluding carboxylic acids is 2. The van der Waals surface area contributed by atoms with Gasteiger partial charge in [-0.2, -0.15) is 0 Å². The number of hydrogen-bond acceptors (Lipinski definition) is 3. The lowest BCUT2D eigenvalue weighted by Gasteiger charge is -2.28. The molecule has 158 valence electrons. The highest BCUT2D eigenvalue weighted by molar-refractivity contribution is 6.04. The number of nitrogens with zero attached hydrogens (tertiary/aromatic N) is 1. The van der Waals surface area contributed by atoms with Crippen LogP contribution >= 0.6 is 0 Å². The summed E-state index contributed by atoms with van der Waals surface area (Å²) in [6.07, 6.45) is 2.25. The molecule has 1 aliphatic heterocycles. The minimum atomic E-state index is -0.123. The molecule has 0 atom stereocenters. The van der Waals surface area contributed by atoms with E-state index < -0.39 is 0 Å². The van der Waals surface area contributed by atoms with Gasteiger partial charge in [-0.25, -0.2) is 0 Å². The van der Waals surface area contributed by atoms with Gasteiger partial charge in [-0.15, -0.1) is 0 Å². The molecule has 0 bridgehead atoms. The maximum atomic E-state index is 12.8. The van der Waals surface area contributed by atoms with E-state index >= 15 is 0 Å². The minimum Gasteiger partial charge on any atom is -0.374 e. The molecule has 2 amide bonds. The van der Waals surface area contributed by atoms with Crippen molar-refractivity contribution in [2.45, 2.75) is 26.7 Å². The second-order valence-electron chi connectivity index (χ2n) is 8.11. The van der Waals surface area contributed by atoms with Crippen molar-refractivity contribution in [1.82, 2.24) is 0 Å². The molecule has 1 aliphatic rings. The van der Waals surface area contributed by atoms with Gasteiger partial charge in [-0.05, 0) is 78.4 Å². The van der Waals surface area contributed by atoms with Crippen LogP contribution in [0.15, 0.2) is 60.7 Å². The molecule has 31 heavy (non-hydrogen) atoms. The predicted octanol–water partition coefficient (Wildman–Crippen LogP) is 5.26. The molecular weight excluding hydrogens is 386 g/mol. The fourth-order valence-electron chi connectivity index (χ4n) is 4.11. The van der Waals surface area contributed by atoms with Crippen molar-refractivity contribution in [2.75, 3.05) is 29.1 Å². The molecular formula is C26H27N3O2. The number of carbonyl (C=O) groups is 2. The highest BCUT2D eigenvalue weighted by Gasteiger charge is 2.15. The van der Waals surface area contributed by atoms with Crippen molar-refractivity contribution < 1.29 is 9.59 Å². The number of rotatable bonds is 4. The van der Waals surface area contributed by atoms with E-state index in [0.29, 0.717) is 5.56 Å². The first-order valence-corrected chi connectivity index (χ1v) is 10.5. The van der Waals surface area contributed by atoms with E-state index in [2.05, 4.69) is 34.7 Å². The zero-order valence-electron chi connectivity index (χ0n) is 18.2. The van der Waals surface area contributed by atoms with E-state index in [9.17, 15) is 9.59 Å². The van der Waals surface area contributed by atoms with Crippen molar-refractivity contribution in [2.24, 2.45) is 0 Å². The monoisotopic (exact) mass is 413 g/mol. The summed E-state index contributed by atoms with van der Waals surface area (Å²) in [5, 5.41) is 5.82. The van der Waals surface area contributed by atoms with Gasteiger partial charge in [-0.3, -0.25) is 9.59 Å². The van der Waals surface area contributed by atoms with E-state index in [1.54, 1.807) is 0 Å². The van der Waals surface area contributed by atoms with Gasteiger partial charge in [0.05, 0.1) is 0 Å². The average Bonchev–Trinajstić information content (AvgIpc) is 2.74. The number of fused-ring (bicyclic) bond motifs is 1. The highest BCUT2D eigenvalue weighted by Crippen LogP contribution is 2.30. The molecule has 0 saturated carbocycles. The van der Waals surface area contributed by atoms with Gasteiger partial charge in [-0.1, -0.05) is 24.3 Å². The summed E-state index contributed by atoms with van der Waals surface area (Å²) in [6, 6.07) is 19.6. The van der Waals surface area contributed by atoms with Crippen LogP contribution in [0.5, 0.6) is 0 Å². The van der Waals surface area contributed by atoms with Crippen LogP contribution in [0.1, 0.15) is 34.8 Å². The lowest BCUT2D eigenvalue weighted by Crippen LogP contribution is -2.24. The Labute approximate surface area is 183 Å². The fourth-order valence-corrected chi connectivity index (χ4v) is 4.11. The number of anilines is 3. The van der Waals surface area contributed by atoms with Crippen LogP contribution in [0.25, 0.3) is 11.1 Å². The molecule has 4 rings (SSSR count). The zero-order chi connectivity index (χ0) is 22.0. The number of aryl methyl sites for hydroxylation is 2. The number of amides is 2. The Morgan fingerprint density at radius 1 is 0.903 bits per heavy atom. The third-order valence-electron chi connectivity index (χ3n) is 5.70. The SMILES string of the molecule is CC(=O)Nc1ccc(-c2ccc(C(=O)Nc3ccc4c(c3)N(C)CCC4)cc2)c(C)c1. The van der Waals surface area contributed by atoms with Crippen LogP contribution < -0.4 is 15.5 Å². The van der Waals surface area contributed by atoms with Crippen molar-refractivity contribution >= 4 is 28.9 Å². The molecule has 0 fully saturated rings. The quantitative estimate of drug-likeness (QED) is 0.614. The van der Waals surface area contributed by atoms with Gasteiger partial charge in [0.2, 0.25) is 5.91 Å². The molecule has 0 spiro atoms. The lowest BCUT2D eigenvalue weighted by atomic mass is 9.98. The normalized spacial score (nSPS) is 12.8. The Morgan fingerprint density at radius 3 is 2.32 bits per heavy atom. The molecule has 2 N–H and O–H groups in total. The van der Waals surface area contributed by atoms with Crippen LogP contribution in [0.3, 0.4) is 0 Å². The standard InChI is InChI=1S/C26H27N3O2/c1-17-15-22(27-18(2)30)12-13-24(17)19-6-8-21(9-7-19)26(31)28-23-11-10-20-5-4-14-29(3)25(20)16-23/h6-13,15-16H,4-5,14H2,1-3H3,(H,27,30)(H,28,31). The maximum Gasteiger partial charge on any atom is 0.255 e. The van der Waals surface area contributed by atoms with Crippen LogP contribution in [-0.4, -0.2) is 25.4 Å². The van der Waals surface area contributed by atoms with Crippen LogP contribution in [0.2, 0.25) is 0 Å². The van der Waals surface area contributed by atoms with E-state index in [-0.39, 0.29) is 11.8 Å². The summed E-state index contributed by atoms with van der Waals surface area (Å²) in [5.41, 5.74) is 7.88. The third kappa shape index (κ3) is 4.61. The highest BCUT2D eigenvalue weighted by atomic mass is 16.2. The molecule has 3 aromatic carbocycles. The van der Waals surface area contributed by atoms with Gasteiger partial charge in [0, 0.05) is 43.1 Å². The van der Waals surface area contributed by atoms with Crippen LogP contribution in [0.4, 0.5) is 17.1 Å². The minimum absolute atomic E-state index is 0.0897. The Balaban J connectivity index is 1.49. The van der Waals surface area contributed by atoms with Gasteiger partial charge >= 0.3 is 0 Å². The summed E-state index contributed by atoms with van der Waals surface area (Å²) >= 11 is 0. The first kappa shape index (κ1) is 20.7. The van der Waals surface area contributed by atoms with Crippen molar-refractivity contribution in [1.29, 1.82) is 0 Å². The second-order valence-corrected chi connectivity index (χ2v) is 8.11. The molecule has 0 radical (unpaired) electrons. The lowest BCUT2D eigenvalue weighted by molar-refractivity contribution is -0.114. The number of hydrogen-bond donors (Lipinski definition) is 2. The van der Waals surface area contributed by atoms with Crippen LogP contribution in [0, 0.1) is 6.92 Å². The summed E-state index contributed by atoms with van der Waals surface area (Å²) in [4.78, 5) is 26.2. The largest absolute Gasteiger partial charge is 0.374 e. The molecule has 5 nitrogen and oxygen atoms in total. The Morgan fingerprint density at radius 2 is 1.61 bits per heavy atom. The number of benzene rings is 3. The topological polar surface area (TPSA) is 61.4 Å². The predicted molar refractivity (Wildman–Crippen MR) is 127 cm³/mol. The van der Waals surface area contributed by atoms with Crippen molar-refractivity contribution in [3.63, 3.8) is 0 Å². The maximum absolute atomic E-state index is 12.8. The fraction of sp³-hybridized carbons (Fsp3) is 0.231. The van der Waals surface area contributed by atoms with E-state index in [1.807, 2.05) is 55.5 Å². The smallest absolute Gasteiger partial charge is 0.255 e. The second kappa shape index (κ2) is 8.64. The first-order chi connectivity index (χ1) is 14.9. The molecule has 0 unspecified atom stereocenters. The Bertz CT molecular complexity index is 1140. The summed E-state index contributed by atoms with van der Waals surface area (Å²) in [6.45, 7) is 4.54. The molecule has 0 aliphatic carbocycles. The molecule has 3 aromatic rings. The average molecular weight is 414 g/mol. The van der Waals surface area contributed by atoms with E-state index in [0.717, 1.165) is 47.5 Å². The molecule has 1 heterocycles. The van der Waals surface area contributed by atoms with Gasteiger partial charge in [0.15, 0.2) is 0 Å². The molecule has 0 saturated heterocycles. The Kier molecular flexibility index (Phi) is 5.76. The van der Waals surface area contributed by atoms with Crippen molar-refractivity contribution in [3.8, 4) is 11.1 Å².